The fourth-order valence-electron chi connectivity index (χ4n) is 4.63. The van der Waals surface area contributed by atoms with Crippen molar-refractivity contribution in [2.75, 3.05) is 37.9 Å². The molecule has 2 heterocycles. The van der Waals surface area contributed by atoms with Crippen LogP contribution in [0.1, 0.15) is 23.2 Å². The van der Waals surface area contributed by atoms with Crippen LogP contribution in [0.25, 0.3) is 10.2 Å². The van der Waals surface area contributed by atoms with Crippen molar-refractivity contribution >= 4 is 54.2 Å². The highest BCUT2D eigenvalue weighted by atomic mass is 32.2. The molecule has 5 rings (SSSR count). The van der Waals surface area contributed by atoms with Gasteiger partial charge >= 0.3 is 0 Å². The molecular weight excluding hydrogens is 590 g/mol. The number of benzene rings is 3. The number of amides is 2. The van der Waals surface area contributed by atoms with E-state index in [4.69, 9.17) is 9.47 Å². The lowest BCUT2D eigenvalue weighted by molar-refractivity contribution is -0.120. The molecule has 1 aliphatic rings. The van der Waals surface area contributed by atoms with Gasteiger partial charge in [0.2, 0.25) is 15.9 Å². The number of anilines is 2. The minimum absolute atomic E-state index is 0.0337. The molecule has 4 aromatic rings. The molecule has 1 unspecified atom stereocenters. The summed E-state index contributed by atoms with van der Waals surface area (Å²) in [4.78, 5) is 30.3. The van der Waals surface area contributed by atoms with E-state index in [1.54, 1.807) is 30.3 Å². The van der Waals surface area contributed by atoms with E-state index >= 15 is 0 Å². The second-order valence-corrected chi connectivity index (χ2v) is 12.4. The second-order valence-electron chi connectivity index (χ2n) is 9.46. The van der Waals surface area contributed by atoms with Gasteiger partial charge in [-0.2, -0.15) is 4.31 Å². The number of piperidine rings is 1. The number of carbonyl (C=O) groups is 2. The monoisotopic (exact) mass is 616 g/mol. The number of aromatic nitrogens is 1. The SMILES string of the molecule is COc1ccc(S(=O)(=O)N2CCCC(C(=O)Nc3nc4ccc(NC(=O)c5ccc(F)c(OC)c5F)cc4s3)C2)cc1. The van der Waals surface area contributed by atoms with E-state index in [0.717, 1.165) is 30.6 Å². The average molecular weight is 617 g/mol. The Morgan fingerprint density at radius 1 is 1.02 bits per heavy atom. The number of ether oxygens (including phenoxy) is 2. The van der Waals surface area contributed by atoms with Gasteiger partial charge in [0.1, 0.15) is 5.75 Å². The van der Waals surface area contributed by atoms with Crippen LogP contribution in [-0.4, -0.2) is 56.8 Å². The first-order valence-corrected chi connectivity index (χ1v) is 15.1. The molecular formula is C28H26F2N4O6S2. The topological polar surface area (TPSA) is 127 Å². The number of hydrogen-bond donors (Lipinski definition) is 2. The van der Waals surface area contributed by atoms with Gasteiger partial charge in [0.15, 0.2) is 22.5 Å². The summed E-state index contributed by atoms with van der Waals surface area (Å²) in [6.45, 7) is 0.342. The molecule has 0 bridgehead atoms. The van der Waals surface area contributed by atoms with Crippen LogP contribution < -0.4 is 20.1 Å². The maximum Gasteiger partial charge on any atom is 0.258 e. The standard InChI is InChI=1S/C28H26F2N4O6S2/c1-39-18-6-8-19(9-7-18)42(37,38)34-13-3-4-16(15-34)26(35)33-28-32-22-12-5-17(14-23(22)41-28)31-27(36)20-10-11-21(29)25(40-2)24(20)30/h5-12,14,16H,3-4,13,15H2,1-2H3,(H,31,36)(H,32,33,35). The molecule has 0 aliphatic carbocycles. The van der Waals surface area contributed by atoms with Gasteiger partial charge in [0, 0.05) is 18.8 Å². The number of nitrogens with one attached hydrogen (secondary N) is 2. The molecule has 42 heavy (non-hydrogen) atoms. The number of rotatable bonds is 8. The van der Waals surface area contributed by atoms with Crippen LogP contribution in [0.5, 0.6) is 11.5 Å². The molecule has 1 saturated heterocycles. The largest absolute Gasteiger partial charge is 0.497 e. The van der Waals surface area contributed by atoms with E-state index in [9.17, 15) is 26.8 Å². The van der Waals surface area contributed by atoms with Crippen molar-refractivity contribution in [2.24, 2.45) is 5.92 Å². The second kappa shape index (κ2) is 12.0. The third-order valence-electron chi connectivity index (χ3n) is 6.83. The molecule has 1 aromatic heterocycles. The molecule has 3 aromatic carbocycles. The van der Waals surface area contributed by atoms with Crippen LogP contribution in [0.3, 0.4) is 0 Å². The normalized spacial score (nSPS) is 15.8. The third kappa shape index (κ3) is 5.91. The fraction of sp³-hybridized carbons (Fsp3) is 0.250. The molecule has 1 atom stereocenters. The Morgan fingerprint density at radius 2 is 1.79 bits per heavy atom. The molecule has 220 valence electrons. The van der Waals surface area contributed by atoms with Crippen molar-refractivity contribution in [2.45, 2.75) is 17.7 Å². The van der Waals surface area contributed by atoms with Crippen molar-refractivity contribution in [1.82, 2.24) is 9.29 Å². The van der Waals surface area contributed by atoms with Crippen molar-refractivity contribution in [1.29, 1.82) is 0 Å². The number of methoxy groups -OCH3 is 2. The third-order valence-corrected chi connectivity index (χ3v) is 9.64. The molecule has 2 amide bonds. The first kappa shape index (κ1) is 29.4. The molecule has 0 saturated carbocycles. The Kier molecular flexibility index (Phi) is 8.38. The number of hydrogen-bond acceptors (Lipinski definition) is 8. The van der Waals surface area contributed by atoms with Gasteiger partial charge in [-0.1, -0.05) is 11.3 Å². The van der Waals surface area contributed by atoms with Crippen molar-refractivity contribution in [3.8, 4) is 11.5 Å². The first-order chi connectivity index (χ1) is 20.1. The summed E-state index contributed by atoms with van der Waals surface area (Å²) >= 11 is 1.16. The van der Waals surface area contributed by atoms with E-state index in [1.807, 2.05) is 0 Å². The van der Waals surface area contributed by atoms with Gasteiger partial charge in [-0.15, -0.1) is 0 Å². The highest BCUT2D eigenvalue weighted by Gasteiger charge is 2.33. The Labute approximate surface area is 244 Å². The molecule has 1 aliphatic heterocycles. The number of carbonyl (C=O) groups excluding carboxylic acids is 2. The van der Waals surface area contributed by atoms with Gasteiger partial charge in [-0.3, -0.25) is 9.59 Å². The highest BCUT2D eigenvalue weighted by molar-refractivity contribution is 7.89. The molecule has 0 radical (unpaired) electrons. The van der Waals surface area contributed by atoms with E-state index in [2.05, 4.69) is 15.6 Å². The first-order valence-electron chi connectivity index (χ1n) is 12.8. The average Bonchev–Trinajstić information content (AvgIpc) is 3.39. The Hall–Kier alpha value is -4.14. The minimum Gasteiger partial charge on any atom is -0.497 e. The number of halogens is 2. The molecule has 2 N–H and O–H groups in total. The summed E-state index contributed by atoms with van der Waals surface area (Å²) in [5, 5.41) is 5.66. The predicted molar refractivity (Wildman–Crippen MR) is 154 cm³/mol. The minimum atomic E-state index is -3.79. The Bertz CT molecular complexity index is 1760. The summed E-state index contributed by atoms with van der Waals surface area (Å²) in [5.41, 5.74) is 0.500. The van der Waals surface area contributed by atoms with Gasteiger partial charge in [-0.05, 0) is 67.4 Å². The Balaban J connectivity index is 1.26. The van der Waals surface area contributed by atoms with Crippen LogP contribution in [0.2, 0.25) is 0 Å². The van der Waals surface area contributed by atoms with Crippen LogP contribution in [0.4, 0.5) is 19.6 Å². The van der Waals surface area contributed by atoms with E-state index in [0.29, 0.717) is 46.2 Å². The predicted octanol–water partition coefficient (Wildman–Crippen LogP) is 4.88. The van der Waals surface area contributed by atoms with Crippen LogP contribution >= 0.6 is 11.3 Å². The lowest BCUT2D eigenvalue weighted by Crippen LogP contribution is -2.43. The van der Waals surface area contributed by atoms with E-state index in [1.165, 1.54) is 23.5 Å². The van der Waals surface area contributed by atoms with Gasteiger partial charge in [0.05, 0.1) is 40.8 Å². The van der Waals surface area contributed by atoms with Gasteiger partial charge in [-0.25, -0.2) is 22.2 Å². The lowest BCUT2D eigenvalue weighted by Gasteiger charge is -2.31. The highest BCUT2D eigenvalue weighted by Crippen LogP contribution is 2.31. The number of thiazole rings is 1. The van der Waals surface area contributed by atoms with E-state index < -0.39 is 39.2 Å². The summed E-state index contributed by atoms with van der Waals surface area (Å²) in [6, 6.07) is 12.9. The van der Waals surface area contributed by atoms with Crippen molar-refractivity contribution in [3.63, 3.8) is 0 Å². The molecule has 10 nitrogen and oxygen atoms in total. The molecule has 1 fully saturated rings. The summed E-state index contributed by atoms with van der Waals surface area (Å²) < 4.78 is 66.3. The van der Waals surface area contributed by atoms with Crippen molar-refractivity contribution < 1.29 is 36.3 Å². The number of fused-ring (bicyclic) bond motifs is 1. The fourth-order valence-corrected chi connectivity index (χ4v) is 7.06. The smallest absolute Gasteiger partial charge is 0.258 e. The number of sulfonamides is 1. The van der Waals surface area contributed by atoms with Crippen molar-refractivity contribution in [3.05, 3.63) is 71.8 Å². The van der Waals surface area contributed by atoms with Gasteiger partial charge < -0.3 is 20.1 Å². The van der Waals surface area contributed by atoms with Crippen LogP contribution in [0, 0.1) is 17.6 Å². The maximum absolute atomic E-state index is 14.5. The summed E-state index contributed by atoms with van der Waals surface area (Å²) in [7, 11) is -1.19. The quantitative estimate of drug-likeness (QED) is 0.289. The maximum atomic E-state index is 14.5. The summed E-state index contributed by atoms with van der Waals surface area (Å²) in [6.07, 6.45) is 1.04. The lowest BCUT2D eigenvalue weighted by atomic mass is 9.99. The molecule has 14 heteroatoms. The summed E-state index contributed by atoms with van der Waals surface area (Å²) in [5.74, 6) is -3.87. The van der Waals surface area contributed by atoms with Crippen LogP contribution in [-0.2, 0) is 14.8 Å². The zero-order chi connectivity index (χ0) is 30.0. The van der Waals surface area contributed by atoms with Gasteiger partial charge in [0.25, 0.3) is 5.91 Å². The van der Waals surface area contributed by atoms with E-state index in [-0.39, 0.29) is 22.9 Å². The zero-order valence-electron chi connectivity index (χ0n) is 22.5. The molecule has 0 spiro atoms. The Morgan fingerprint density at radius 3 is 2.50 bits per heavy atom. The number of nitrogens with zero attached hydrogens (tertiary/aromatic N) is 2. The van der Waals surface area contributed by atoms with Crippen LogP contribution in [0.15, 0.2) is 59.5 Å². The zero-order valence-corrected chi connectivity index (χ0v) is 24.2.